The Morgan fingerprint density at radius 3 is 2.66 bits per heavy atom. The zero-order chi connectivity index (χ0) is 25.5. The Morgan fingerprint density at radius 2 is 1.97 bits per heavy atom. The van der Waals surface area contributed by atoms with Crippen molar-refractivity contribution in [1.29, 1.82) is 0 Å². The molecule has 3 saturated heterocycles. The lowest BCUT2D eigenvalue weighted by molar-refractivity contribution is -0.146. The van der Waals surface area contributed by atoms with Gasteiger partial charge in [0.1, 0.15) is 11.6 Å². The van der Waals surface area contributed by atoms with Gasteiger partial charge in [0.25, 0.3) is 0 Å². The number of ether oxygens (including phenoxy) is 1. The second-order valence-electron chi connectivity index (χ2n) is 10.8. The number of anilines is 1. The molecule has 0 saturated carbocycles. The SMILES string of the molecule is CCCNC(=O)[C@H]1[C@H]2C(=O)N(CCCCO)C(C(=O)Nc3cc(C)ccc3C)C23CC(C)[C@]1(C)O3. The molecule has 3 aliphatic heterocycles. The van der Waals surface area contributed by atoms with Crippen LogP contribution in [0.5, 0.6) is 0 Å². The van der Waals surface area contributed by atoms with Crippen molar-refractivity contribution in [2.24, 2.45) is 17.8 Å². The van der Waals surface area contributed by atoms with Crippen LogP contribution in [-0.2, 0) is 19.1 Å². The van der Waals surface area contributed by atoms with E-state index < -0.39 is 29.1 Å². The number of aliphatic hydroxyl groups is 1. The van der Waals surface area contributed by atoms with Crippen molar-refractivity contribution < 1.29 is 24.2 Å². The number of hydrogen-bond donors (Lipinski definition) is 3. The second kappa shape index (κ2) is 9.54. The van der Waals surface area contributed by atoms with E-state index in [4.69, 9.17) is 4.74 Å². The second-order valence-corrected chi connectivity index (χ2v) is 10.8. The molecule has 0 radical (unpaired) electrons. The summed E-state index contributed by atoms with van der Waals surface area (Å²) in [6, 6.07) is 5.03. The quantitative estimate of drug-likeness (QED) is 0.466. The number of aliphatic hydroxyl groups excluding tert-OH is 1. The van der Waals surface area contributed by atoms with Gasteiger partial charge in [-0.2, -0.15) is 0 Å². The van der Waals surface area contributed by atoms with Crippen LogP contribution in [0.25, 0.3) is 0 Å². The van der Waals surface area contributed by atoms with Crippen molar-refractivity contribution in [3.8, 4) is 0 Å². The lowest BCUT2D eigenvalue weighted by atomic mass is 9.62. The molecule has 3 amide bonds. The molecule has 3 heterocycles. The standard InChI is InChI=1S/C27H39N3O5/c1-6-11-28-23(32)20-21-25(34)30(12-7-8-13-31)22(27(21)15-18(4)26(20,5)35-27)24(33)29-19-14-16(2)9-10-17(19)3/h9-10,14,18,20-22,31H,6-8,11-13,15H2,1-5H3,(H,28,32)(H,29,33)/t18?,20-,21+,22?,26+,27?/m1/s1. The van der Waals surface area contributed by atoms with E-state index in [1.165, 1.54) is 0 Å². The van der Waals surface area contributed by atoms with Crippen LogP contribution in [0.1, 0.15) is 57.6 Å². The Morgan fingerprint density at radius 1 is 1.23 bits per heavy atom. The Labute approximate surface area is 207 Å². The number of unbranched alkanes of at least 4 members (excludes halogenated alkanes) is 1. The van der Waals surface area contributed by atoms with Crippen LogP contribution in [0, 0.1) is 31.6 Å². The van der Waals surface area contributed by atoms with Crippen LogP contribution in [0.2, 0.25) is 0 Å². The van der Waals surface area contributed by atoms with Crippen LogP contribution in [-0.4, -0.2) is 64.7 Å². The molecule has 1 aromatic carbocycles. The molecule has 192 valence electrons. The summed E-state index contributed by atoms with van der Waals surface area (Å²) in [6.45, 7) is 10.7. The molecule has 35 heavy (non-hydrogen) atoms. The van der Waals surface area contributed by atoms with Crippen molar-refractivity contribution in [2.75, 3.05) is 25.0 Å². The molecule has 4 rings (SSSR count). The van der Waals surface area contributed by atoms with Gasteiger partial charge in [-0.1, -0.05) is 26.0 Å². The molecule has 3 unspecified atom stereocenters. The van der Waals surface area contributed by atoms with E-state index in [9.17, 15) is 19.5 Å². The fraction of sp³-hybridized carbons (Fsp3) is 0.667. The number of benzene rings is 1. The molecule has 8 heteroatoms. The number of fused-ring (bicyclic) bond motifs is 1. The van der Waals surface area contributed by atoms with Gasteiger partial charge in [-0.3, -0.25) is 14.4 Å². The molecule has 6 atom stereocenters. The summed E-state index contributed by atoms with van der Waals surface area (Å²) in [5.74, 6) is -2.00. The molecular weight excluding hydrogens is 446 g/mol. The minimum absolute atomic E-state index is 0.0114. The minimum atomic E-state index is -1.06. The Balaban J connectivity index is 1.73. The molecule has 1 spiro atoms. The number of carbonyl (C=O) groups is 3. The third-order valence-electron chi connectivity index (χ3n) is 8.35. The highest BCUT2D eigenvalue weighted by Crippen LogP contribution is 2.65. The fourth-order valence-electron chi connectivity index (χ4n) is 6.50. The van der Waals surface area contributed by atoms with Crippen LogP contribution in [0.3, 0.4) is 0 Å². The highest BCUT2D eigenvalue weighted by atomic mass is 16.5. The predicted octanol–water partition coefficient (Wildman–Crippen LogP) is 2.55. The maximum Gasteiger partial charge on any atom is 0.250 e. The largest absolute Gasteiger partial charge is 0.396 e. The van der Waals surface area contributed by atoms with Gasteiger partial charge in [0, 0.05) is 25.4 Å². The summed E-state index contributed by atoms with van der Waals surface area (Å²) in [7, 11) is 0. The average Bonchev–Trinajstić information content (AvgIpc) is 3.31. The molecular formula is C27H39N3O5. The first-order valence-electron chi connectivity index (χ1n) is 12.9. The third kappa shape index (κ3) is 4.04. The van der Waals surface area contributed by atoms with Crippen LogP contribution in [0.4, 0.5) is 5.69 Å². The lowest BCUT2D eigenvalue weighted by Gasteiger charge is -2.36. The first-order valence-corrected chi connectivity index (χ1v) is 12.9. The monoisotopic (exact) mass is 485 g/mol. The summed E-state index contributed by atoms with van der Waals surface area (Å²) < 4.78 is 6.70. The Kier molecular flexibility index (Phi) is 6.99. The van der Waals surface area contributed by atoms with Crippen molar-refractivity contribution in [2.45, 2.75) is 77.5 Å². The number of nitrogens with zero attached hydrogens (tertiary/aromatic N) is 1. The van der Waals surface area contributed by atoms with Gasteiger partial charge in [-0.25, -0.2) is 0 Å². The average molecular weight is 486 g/mol. The van der Waals surface area contributed by atoms with E-state index in [2.05, 4.69) is 10.6 Å². The molecule has 2 bridgehead atoms. The van der Waals surface area contributed by atoms with E-state index in [0.717, 1.165) is 17.5 Å². The van der Waals surface area contributed by atoms with E-state index >= 15 is 0 Å². The number of carbonyl (C=O) groups excluding carboxylic acids is 3. The lowest BCUT2D eigenvalue weighted by Crippen LogP contribution is -2.54. The van der Waals surface area contributed by atoms with Crippen LogP contribution in [0.15, 0.2) is 18.2 Å². The Hall–Kier alpha value is -2.45. The number of rotatable bonds is 9. The zero-order valence-corrected chi connectivity index (χ0v) is 21.5. The smallest absolute Gasteiger partial charge is 0.250 e. The number of amides is 3. The number of hydrogen-bond acceptors (Lipinski definition) is 5. The van der Waals surface area contributed by atoms with Gasteiger partial charge >= 0.3 is 0 Å². The highest BCUT2D eigenvalue weighted by Gasteiger charge is 2.79. The van der Waals surface area contributed by atoms with Crippen molar-refractivity contribution >= 4 is 23.4 Å². The van der Waals surface area contributed by atoms with Crippen LogP contribution < -0.4 is 10.6 Å². The van der Waals surface area contributed by atoms with Crippen molar-refractivity contribution in [3.05, 3.63) is 29.3 Å². The van der Waals surface area contributed by atoms with E-state index in [1.807, 2.05) is 52.8 Å². The predicted molar refractivity (Wildman–Crippen MR) is 133 cm³/mol. The zero-order valence-electron chi connectivity index (χ0n) is 21.5. The number of likely N-dealkylation sites (tertiary alicyclic amines) is 1. The first-order chi connectivity index (χ1) is 16.6. The minimum Gasteiger partial charge on any atom is -0.396 e. The molecule has 3 N–H and O–H groups in total. The van der Waals surface area contributed by atoms with Crippen molar-refractivity contribution in [3.63, 3.8) is 0 Å². The molecule has 3 fully saturated rings. The molecule has 1 aromatic rings. The van der Waals surface area contributed by atoms with Crippen LogP contribution >= 0.6 is 0 Å². The first kappa shape index (κ1) is 25.6. The molecule has 0 aromatic heterocycles. The molecule has 8 nitrogen and oxygen atoms in total. The maximum atomic E-state index is 13.9. The van der Waals surface area contributed by atoms with Gasteiger partial charge in [0.2, 0.25) is 17.7 Å². The van der Waals surface area contributed by atoms with Gasteiger partial charge in [0.15, 0.2) is 0 Å². The normalized spacial score (nSPS) is 33.2. The summed E-state index contributed by atoms with van der Waals surface area (Å²) >= 11 is 0. The molecule has 3 aliphatic rings. The van der Waals surface area contributed by atoms with Gasteiger partial charge < -0.3 is 25.4 Å². The summed E-state index contributed by atoms with van der Waals surface area (Å²) in [5.41, 5.74) is 0.800. The van der Waals surface area contributed by atoms with E-state index in [1.54, 1.807) is 4.90 Å². The summed E-state index contributed by atoms with van der Waals surface area (Å²) in [5, 5.41) is 15.3. The number of aryl methyl sites for hydroxylation is 2. The van der Waals surface area contributed by atoms with Gasteiger partial charge in [-0.15, -0.1) is 0 Å². The van der Waals surface area contributed by atoms with E-state index in [0.29, 0.717) is 38.0 Å². The summed E-state index contributed by atoms with van der Waals surface area (Å²) in [4.78, 5) is 42.8. The molecule has 0 aliphatic carbocycles. The third-order valence-corrected chi connectivity index (χ3v) is 8.35. The summed E-state index contributed by atoms with van der Waals surface area (Å²) in [6.07, 6.45) is 2.43. The van der Waals surface area contributed by atoms with Crippen molar-refractivity contribution in [1.82, 2.24) is 10.2 Å². The van der Waals surface area contributed by atoms with Gasteiger partial charge in [0.05, 0.1) is 17.4 Å². The Bertz CT molecular complexity index is 1010. The van der Waals surface area contributed by atoms with Gasteiger partial charge in [-0.05, 0) is 69.6 Å². The fourth-order valence-corrected chi connectivity index (χ4v) is 6.50. The number of nitrogens with one attached hydrogen (secondary N) is 2. The maximum absolute atomic E-state index is 13.9. The van der Waals surface area contributed by atoms with E-state index in [-0.39, 0.29) is 30.2 Å². The topological polar surface area (TPSA) is 108 Å². The highest BCUT2D eigenvalue weighted by molar-refractivity contribution is 6.04.